The van der Waals surface area contributed by atoms with Gasteiger partial charge in [-0.25, -0.2) is 4.79 Å². The largest absolute Gasteiger partial charge is 0.444 e. The molecule has 16 heavy (non-hydrogen) atoms. The summed E-state index contributed by atoms with van der Waals surface area (Å²) in [4.78, 5) is 12.9. The average molecular weight is 233 g/mol. The molecule has 0 aromatic heterocycles. The van der Waals surface area contributed by atoms with E-state index in [0.29, 0.717) is 19.4 Å². The minimum absolute atomic E-state index is 0.0166. The van der Waals surface area contributed by atoms with Crippen molar-refractivity contribution in [3.8, 4) is 0 Å². The normalized spacial score (nSPS) is 17.3. The van der Waals surface area contributed by atoms with E-state index in [1.54, 1.807) is 20.8 Å². The molecule has 0 radical (unpaired) electrons. The van der Waals surface area contributed by atoms with Crippen LogP contribution in [0.3, 0.4) is 0 Å². The summed E-state index contributed by atoms with van der Waals surface area (Å²) in [6.07, 6.45) is -1.27. The Morgan fingerprint density at radius 2 is 2.00 bits per heavy atom. The molecule has 1 aliphatic rings. The Kier molecular flexibility index (Phi) is 3.88. The number of hydrogen-bond donors (Lipinski definition) is 0. The topological polar surface area (TPSA) is 29.5 Å². The van der Waals surface area contributed by atoms with E-state index in [1.807, 2.05) is 0 Å². The average Bonchev–Trinajstić information content (AvgIpc) is 2.15. The van der Waals surface area contributed by atoms with Crippen molar-refractivity contribution in [1.82, 2.24) is 4.90 Å². The standard InChI is InChI=1S/C11H17F2NO2/c1-11(2,3)16-10(15)14-6-4-5-8(7-14)9(12)13/h4-7H2,1-3H3. The minimum atomic E-state index is -1.67. The number of likely N-dealkylation sites (tertiary alicyclic amines) is 1. The van der Waals surface area contributed by atoms with Crippen LogP contribution in [0.2, 0.25) is 0 Å². The zero-order valence-electron chi connectivity index (χ0n) is 9.85. The number of hydrogen-bond acceptors (Lipinski definition) is 2. The maximum Gasteiger partial charge on any atom is 0.410 e. The number of rotatable bonds is 0. The van der Waals surface area contributed by atoms with E-state index in [2.05, 4.69) is 0 Å². The summed E-state index contributed by atoms with van der Waals surface area (Å²) in [5, 5.41) is 0. The molecule has 1 aliphatic heterocycles. The van der Waals surface area contributed by atoms with Gasteiger partial charge in [0.05, 0.1) is 6.54 Å². The van der Waals surface area contributed by atoms with Gasteiger partial charge in [-0.05, 0) is 33.6 Å². The zero-order valence-corrected chi connectivity index (χ0v) is 9.85. The van der Waals surface area contributed by atoms with E-state index < -0.39 is 17.8 Å². The van der Waals surface area contributed by atoms with Crippen LogP contribution in [0.15, 0.2) is 11.7 Å². The molecule has 1 saturated heterocycles. The lowest BCUT2D eigenvalue weighted by molar-refractivity contribution is 0.0244. The first-order valence-corrected chi connectivity index (χ1v) is 5.30. The number of nitrogens with zero attached hydrogens (tertiary/aromatic N) is 1. The molecule has 0 unspecified atom stereocenters. The Labute approximate surface area is 94.1 Å². The van der Waals surface area contributed by atoms with Crippen molar-refractivity contribution < 1.29 is 18.3 Å². The van der Waals surface area contributed by atoms with Crippen LogP contribution in [0.1, 0.15) is 33.6 Å². The van der Waals surface area contributed by atoms with E-state index >= 15 is 0 Å². The maximum atomic E-state index is 12.4. The van der Waals surface area contributed by atoms with Gasteiger partial charge >= 0.3 is 6.09 Å². The molecule has 1 heterocycles. The predicted molar refractivity (Wildman–Crippen MR) is 56.3 cm³/mol. The van der Waals surface area contributed by atoms with Gasteiger partial charge in [0.25, 0.3) is 6.08 Å². The Balaban J connectivity index is 2.61. The second kappa shape index (κ2) is 4.80. The van der Waals surface area contributed by atoms with Gasteiger partial charge in [-0.1, -0.05) is 0 Å². The minimum Gasteiger partial charge on any atom is -0.444 e. The van der Waals surface area contributed by atoms with Crippen molar-refractivity contribution in [3.63, 3.8) is 0 Å². The molecule has 92 valence electrons. The Hall–Kier alpha value is -1.13. The number of halogens is 2. The first-order valence-electron chi connectivity index (χ1n) is 5.30. The van der Waals surface area contributed by atoms with Crippen LogP contribution in [0.4, 0.5) is 13.6 Å². The lowest BCUT2D eigenvalue weighted by Gasteiger charge is -2.30. The summed E-state index contributed by atoms with van der Waals surface area (Å²) < 4.78 is 29.9. The number of carbonyl (C=O) groups is 1. The molecule has 0 bridgehead atoms. The van der Waals surface area contributed by atoms with Crippen LogP contribution in [0.25, 0.3) is 0 Å². The van der Waals surface area contributed by atoms with E-state index in [0.717, 1.165) is 0 Å². The third kappa shape index (κ3) is 3.79. The van der Waals surface area contributed by atoms with Gasteiger partial charge in [-0.3, -0.25) is 0 Å². The van der Waals surface area contributed by atoms with Crippen molar-refractivity contribution in [2.45, 2.75) is 39.2 Å². The highest BCUT2D eigenvalue weighted by atomic mass is 19.3. The van der Waals surface area contributed by atoms with Crippen molar-refractivity contribution in [2.75, 3.05) is 13.1 Å². The van der Waals surface area contributed by atoms with Crippen molar-refractivity contribution in [3.05, 3.63) is 11.7 Å². The molecule has 1 amide bonds. The molecule has 1 rings (SSSR count). The Bertz CT molecular complexity index is 304. The first-order chi connectivity index (χ1) is 7.29. The van der Waals surface area contributed by atoms with Crippen molar-refractivity contribution in [2.24, 2.45) is 0 Å². The third-order valence-corrected chi connectivity index (χ3v) is 2.21. The first kappa shape index (κ1) is 12.9. The summed E-state index contributed by atoms with van der Waals surface area (Å²) in [5.41, 5.74) is -0.552. The highest BCUT2D eigenvalue weighted by Crippen LogP contribution is 2.22. The van der Waals surface area contributed by atoms with Gasteiger partial charge in [0, 0.05) is 12.1 Å². The molecule has 0 atom stereocenters. The van der Waals surface area contributed by atoms with Gasteiger partial charge in [-0.15, -0.1) is 0 Å². The highest BCUT2D eigenvalue weighted by Gasteiger charge is 2.26. The summed E-state index contributed by atoms with van der Waals surface area (Å²) in [6, 6.07) is 0. The fourth-order valence-electron chi connectivity index (χ4n) is 1.51. The quantitative estimate of drug-likeness (QED) is 0.643. The van der Waals surface area contributed by atoms with Gasteiger partial charge < -0.3 is 9.64 Å². The molecular formula is C11H17F2NO2. The second-order valence-electron chi connectivity index (χ2n) is 4.87. The summed E-state index contributed by atoms with van der Waals surface area (Å²) >= 11 is 0. The van der Waals surface area contributed by atoms with Crippen LogP contribution in [0, 0.1) is 0 Å². The molecule has 0 aliphatic carbocycles. The smallest absolute Gasteiger partial charge is 0.410 e. The summed E-state index contributed by atoms with van der Waals surface area (Å²) in [5.74, 6) is 0. The molecule has 5 heteroatoms. The SMILES string of the molecule is CC(C)(C)OC(=O)N1CCCC(=C(F)F)C1. The zero-order chi connectivity index (χ0) is 12.3. The van der Waals surface area contributed by atoms with Crippen molar-refractivity contribution >= 4 is 6.09 Å². The van der Waals surface area contributed by atoms with Gasteiger partial charge in [-0.2, -0.15) is 8.78 Å². The van der Waals surface area contributed by atoms with Crippen LogP contribution in [0.5, 0.6) is 0 Å². The highest BCUT2D eigenvalue weighted by molar-refractivity contribution is 5.68. The molecule has 1 fully saturated rings. The number of carbonyl (C=O) groups excluding carboxylic acids is 1. The fraction of sp³-hybridized carbons (Fsp3) is 0.727. The summed E-state index contributed by atoms with van der Waals surface area (Å²) in [7, 11) is 0. The monoisotopic (exact) mass is 233 g/mol. The molecule has 3 nitrogen and oxygen atoms in total. The molecule has 0 aromatic rings. The maximum absolute atomic E-state index is 12.4. The number of ether oxygens (including phenoxy) is 1. The lowest BCUT2D eigenvalue weighted by atomic mass is 10.1. The molecule has 0 saturated carbocycles. The molecule has 0 spiro atoms. The number of amides is 1. The Morgan fingerprint density at radius 3 is 2.50 bits per heavy atom. The van der Waals surface area contributed by atoms with Crippen LogP contribution in [-0.4, -0.2) is 29.7 Å². The second-order valence-corrected chi connectivity index (χ2v) is 4.87. The summed E-state index contributed by atoms with van der Waals surface area (Å²) in [6.45, 7) is 5.72. The van der Waals surface area contributed by atoms with Crippen LogP contribution in [-0.2, 0) is 4.74 Å². The molecule has 0 aromatic carbocycles. The van der Waals surface area contributed by atoms with Crippen LogP contribution >= 0.6 is 0 Å². The third-order valence-electron chi connectivity index (χ3n) is 2.21. The van der Waals surface area contributed by atoms with Gasteiger partial charge in [0.2, 0.25) is 0 Å². The van der Waals surface area contributed by atoms with E-state index in [-0.39, 0.29) is 12.1 Å². The van der Waals surface area contributed by atoms with Crippen molar-refractivity contribution in [1.29, 1.82) is 0 Å². The predicted octanol–water partition coefficient (Wildman–Crippen LogP) is 3.17. The molecule has 0 N–H and O–H groups in total. The van der Waals surface area contributed by atoms with E-state index in [1.165, 1.54) is 4.90 Å². The van der Waals surface area contributed by atoms with Gasteiger partial charge in [0.1, 0.15) is 5.60 Å². The molecular weight excluding hydrogens is 216 g/mol. The van der Waals surface area contributed by atoms with Gasteiger partial charge in [0.15, 0.2) is 0 Å². The fourth-order valence-corrected chi connectivity index (χ4v) is 1.51. The van der Waals surface area contributed by atoms with Crippen LogP contribution < -0.4 is 0 Å². The van der Waals surface area contributed by atoms with E-state index in [9.17, 15) is 13.6 Å². The Morgan fingerprint density at radius 1 is 1.38 bits per heavy atom. The number of piperidine rings is 1. The lowest BCUT2D eigenvalue weighted by Crippen LogP contribution is -2.40. The van der Waals surface area contributed by atoms with E-state index in [4.69, 9.17) is 4.74 Å².